The van der Waals surface area contributed by atoms with Crippen LogP contribution in [0.25, 0.3) is 0 Å². The molecule has 0 aliphatic carbocycles. The number of ether oxygens (including phenoxy) is 1. The van der Waals surface area contributed by atoms with Crippen LogP contribution >= 0.6 is 24.0 Å². The van der Waals surface area contributed by atoms with Crippen LogP contribution in [-0.4, -0.2) is 58.3 Å². The molecular formula is C17H29IN6O2. The second-order valence-electron chi connectivity index (χ2n) is 6.58. The maximum Gasteiger partial charge on any atom is 0.310 e. The van der Waals surface area contributed by atoms with E-state index in [0.717, 1.165) is 50.0 Å². The number of carbonyl (C=O) groups is 1. The van der Waals surface area contributed by atoms with Crippen molar-refractivity contribution in [3.8, 4) is 0 Å². The number of esters is 1. The first-order valence-electron chi connectivity index (χ1n) is 9.26. The maximum absolute atomic E-state index is 12.0. The molecule has 1 aromatic rings. The number of aromatic nitrogens is 3. The van der Waals surface area contributed by atoms with Crippen LogP contribution in [0.4, 0.5) is 0 Å². The van der Waals surface area contributed by atoms with E-state index in [1.807, 2.05) is 6.92 Å². The maximum atomic E-state index is 12.0. The lowest BCUT2D eigenvalue weighted by molar-refractivity contribution is -0.149. The minimum absolute atomic E-state index is 0. The molecule has 0 saturated carbocycles. The normalized spacial score (nSPS) is 20.2. The molecule has 1 atom stereocenters. The van der Waals surface area contributed by atoms with Crippen molar-refractivity contribution in [1.29, 1.82) is 0 Å². The number of likely N-dealkylation sites (tertiary alicyclic amines) is 1. The van der Waals surface area contributed by atoms with Crippen LogP contribution in [0.3, 0.4) is 0 Å². The number of carbonyl (C=O) groups excluding carboxylic acids is 1. The summed E-state index contributed by atoms with van der Waals surface area (Å²) >= 11 is 0. The molecule has 0 bridgehead atoms. The van der Waals surface area contributed by atoms with E-state index >= 15 is 0 Å². The fraction of sp³-hybridized carbons (Fsp3) is 0.765. The standard InChI is InChI=1S/C17H28N6O2.HI/c1-3-25-16(24)13-7-6-9-22(12-13)17(18-2)19-11-15-21-20-14-8-4-5-10-23(14)15;/h13H,3-12H2,1-2H3,(H,18,19);1H. The molecule has 2 aliphatic rings. The van der Waals surface area contributed by atoms with Gasteiger partial charge in [-0.15, -0.1) is 34.2 Å². The fourth-order valence-electron chi connectivity index (χ4n) is 3.61. The van der Waals surface area contributed by atoms with Crippen LogP contribution in [0.5, 0.6) is 0 Å². The van der Waals surface area contributed by atoms with Gasteiger partial charge in [0, 0.05) is 33.1 Å². The van der Waals surface area contributed by atoms with E-state index in [1.165, 1.54) is 12.8 Å². The Bertz CT molecular complexity index is 633. The first kappa shape index (κ1) is 20.9. The molecule has 1 fully saturated rings. The summed E-state index contributed by atoms with van der Waals surface area (Å²) in [5.74, 6) is 2.66. The van der Waals surface area contributed by atoms with Crippen LogP contribution in [0.15, 0.2) is 4.99 Å². The number of rotatable bonds is 4. The van der Waals surface area contributed by atoms with Crippen molar-refractivity contribution in [2.45, 2.75) is 52.1 Å². The van der Waals surface area contributed by atoms with Gasteiger partial charge in [-0.2, -0.15) is 0 Å². The van der Waals surface area contributed by atoms with E-state index in [-0.39, 0.29) is 35.9 Å². The smallest absolute Gasteiger partial charge is 0.310 e. The van der Waals surface area contributed by atoms with Gasteiger partial charge in [0.25, 0.3) is 0 Å². The summed E-state index contributed by atoms with van der Waals surface area (Å²) in [7, 11) is 1.77. The summed E-state index contributed by atoms with van der Waals surface area (Å²) in [5.41, 5.74) is 0. The number of guanidine groups is 1. The molecule has 3 heterocycles. The summed E-state index contributed by atoms with van der Waals surface area (Å²) in [6, 6.07) is 0. The van der Waals surface area contributed by atoms with Crippen LogP contribution in [0, 0.1) is 5.92 Å². The van der Waals surface area contributed by atoms with Crippen molar-refractivity contribution < 1.29 is 9.53 Å². The van der Waals surface area contributed by atoms with E-state index in [2.05, 4.69) is 30.0 Å². The molecule has 0 radical (unpaired) electrons. The Morgan fingerprint density at radius 1 is 1.31 bits per heavy atom. The van der Waals surface area contributed by atoms with Crippen LogP contribution < -0.4 is 5.32 Å². The van der Waals surface area contributed by atoms with Crippen LogP contribution in [0.2, 0.25) is 0 Å². The topological polar surface area (TPSA) is 84.6 Å². The number of nitrogens with zero attached hydrogens (tertiary/aromatic N) is 5. The number of nitrogens with one attached hydrogen (secondary N) is 1. The van der Waals surface area contributed by atoms with Gasteiger partial charge in [-0.3, -0.25) is 9.79 Å². The molecule has 3 rings (SSSR count). The Kier molecular flexibility index (Phi) is 8.11. The van der Waals surface area contributed by atoms with Gasteiger partial charge in [0.05, 0.1) is 19.1 Å². The van der Waals surface area contributed by atoms with Crippen molar-refractivity contribution >= 4 is 35.9 Å². The first-order valence-corrected chi connectivity index (χ1v) is 9.26. The summed E-state index contributed by atoms with van der Waals surface area (Å²) < 4.78 is 7.39. The van der Waals surface area contributed by atoms with E-state index in [4.69, 9.17) is 4.74 Å². The monoisotopic (exact) mass is 476 g/mol. The second-order valence-corrected chi connectivity index (χ2v) is 6.58. The van der Waals surface area contributed by atoms with Gasteiger partial charge < -0.3 is 19.5 Å². The third-order valence-electron chi connectivity index (χ3n) is 4.89. The Balaban J connectivity index is 0.00000243. The van der Waals surface area contributed by atoms with Crippen molar-refractivity contribution in [3.05, 3.63) is 11.6 Å². The number of halogens is 1. The number of hydrogen-bond acceptors (Lipinski definition) is 5. The minimum Gasteiger partial charge on any atom is -0.466 e. The van der Waals surface area contributed by atoms with Crippen LogP contribution in [0.1, 0.15) is 44.3 Å². The van der Waals surface area contributed by atoms with Crippen molar-refractivity contribution in [2.75, 3.05) is 26.7 Å². The third-order valence-corrected chi connectivity index (χ3v) is 4.89. The van der Waals surface area contributed by atoms with E-state index < -0.39 is 0 Å². The molecule has 1 unspecified atom stereocenters. The average Bonchev–Trinajstić information content (AvgIpc) is 3.06. The molecular weight excluding hydrogens is 447 g/mol. The lowest BCUT2D eigenvalue weighted by Gasteiger charge is -2.33. The van der Waals surface area contributed by atoms with Crippen molar-refractivity contribution in [2.24, 2.45) is 10.9 Å². The highest BCUT2D eigenvalue weighted by Gasteiger charge is 2.28. The van der Waals surface area contributed by atoms with Crippen molar-refractivity contribution in [1.82, 2.24) is 25.0 Å². The highest BCUT2D eigenvalue weighted by molar-refractivity contribution is 14.0. The second kappa shape index (κ2) is 10.1. The Morgan fingerprint density at radius 3 is 2.92 bits per heavy atom. The third kappa shape index (κ3) is 4.86. The molecule has 0 amide bonds. The quantitative estimate of drug-likeness (QED) is 0.308. The zero-order valence-corrected chi connectivity index (χ0v) is 17.9. The lowest BCUT2D eigenvalue weighted by Crippen LogP contribution is -2.48. The molecule has 1 aromatic heterocycles. The molecule has 1 N–H and O–H groups in total. The molecule has 146 valence electrons. The average molecular weight is 476 g/mol. The molecule has 9 heteroatoms. The molecule has 2 aliphatic heterocycles. The number of fused-ring (bicyclic) bond motifs is 1. The Hall–Kier alpha value is -1.39. The molecule has 1 saturated heterocycles. The van der Waals surface area contributed by atoms with Gasteiger partial charge in [0.15, 0.2) is 11.8 Å². The van der Waals surface area contributed by atoms with Gasteiger partial charge in [0.1, 0.15) is 5.82 Å². The van der Waals surface area contributed by atoms with Gasteiger partial charge in [-0.05, 0) is 32.6 Å². The summed E-state index contributed by atoms with van der Waals surface area (Å²) in [5, 5.41) is 12.0. The Morgan fingerprint density at radius 2 is 2.15 bits per heavy atom. The minimum atomic E-state index is -0.103. The largest absolute Gasteiger partial charge is 0.466 e. The highest BCUT2D eigenvalue weighted by atomic mass is 127. The molecule has 0 spiro atoms. The van der Waals surface area contributed by atoms with Crippen LogP contribution in [-0.2, 0) is 29.0 Å². The molecule has 8 nitrogen and oxygen atoms in total. The zero-order valence-electron chi connectivity index (χ0n) is 15.6. The van der Waals surface area contributed by atoms with Gasteiger partial charge in [-0.1, -0.05) is 0 Å². The van der Waals surface area contributed by atoms with Gasteiger partial charge >= 0.3 is 5.97 Å². The van der Waals surface area contributed by atoms with E-state index in [1.54, 1.807) is 7.05 Å². The predicted octanol–water partition coefficient (Wildman–Crippen LogP) is 1.58. The summed E-state index contributed by atoms with van der Waals surface area (Å²) in [6.45, 7) is 5.41. The highest BCUT2D eigenvalue weighted by Crippen LogP contribution is 2.18. The fourth-order valence-corrected chi connectivity index (χ4v) is 3.61. The number of piperidine rings is 1. The summed E-state index contributed by atoms with van der Waals surface area (Å²) in [6.07, 6.45) is 5.22. The number of hydrogen-bond donors (Lipinski definition) is 1. The Labute approximate surface area is 171 Å². The first-order chi connectivity index (χ1) is 12.2. The van der Waals surface area contributed by atoms with Gasteiger partial charge in [0.2, 0.25) is 0 Å². The number of aryl methyl sites for hydroxylation is 1. The molecule has 26 heavy (non-hydrogen) atoms. The number of aliphatic imine (C=N–C) groups is 1. The zero-order chi connectivity index (χ0) is 17.6. The predicted molar refractivity (Wildman–Crippen MR) is 110 cm³/mol. The van der Waals surface area contributed by atoms with E-state index in [9.17, 15) is 4.79 Å². The molecule has 0 aromatic carbocycles. The van der Waals surface area contributed by atoms with Crippen molar-refractivity contribution in [3.63, 3.8) is 0 Å². The summed E-state index contributed by atoms with van der Waals surface area (Å²) in [4.78, 5) is 18.6. The van der Waals surface area contributed by atoms with Gasteiger partial charge in [-0.25, -0.2) is 0 Å². The lowest BCUT2D eigenvalue weighted by atomic mass is 9.98. The SMILES string of the molecule is CCOC(=O)C1CCCN(C(=NC)NCc2nnc3n2CCCC3)C1.I. The van der Waals surface area contributed by atoms with E-state index in [0.29, 0.717) is 19.7 Å².